The van der Waals surface area contributed by atoms with Crippen molar-refractivity contribution < 1.29 is 23.1 Å². The fraction of sp³-hybridized carbons (Fsp3) is 0.300. The van der Waals surface area contributed by atoms with Crippen LogP contribution in [0.15, 0.2) is 40.8 Å². The number of nitrogens with zero attached hydrogens (tertiary/aromatic N) is 1. The summed E-state index contributed by atoms with van der Waals surface area (Å²) in [6.45, 7) is 1.42. The van der Waals surface area contributed by atoms with Crippen LogP contribution in [0.3, 0.4) is 0 Å². The lowest BCUT2D eigenvalue weighted by molar-refractivity contribution is 0.0854. The monoisotopic (exact) mass is 370 g/mol. The molecule has 6 nitrogen and oxygen atoms in total. The van der Waals surface area contributed by atoms with E-state index < -0.39 is 11.7 Å². The van der Waals surface area contributed by atoms with Gasteiger partial charge in [0.2, 0.25) is 0 Å². The quantitative estimate of drug-likeness (QED) is 0.748. The molecule has 27 heavy (non-hydrogen) atoms. The first-order valence-corrected chi connectivity index (χ1v) is 8.78. The van der Waals surface area contributed by atoms with Crippen LogP contribution in [0.5, 0.6) is 5.75 Å². The van der Waals surface area contributed by atoms with Crippen LogP contribution in [0.25, 0.3) is 11.1 Å². The van der Waals surface area contributed by atoms with E-state index in [-0.39, 0.29) is 6.01 Å². The molecule has 4 rings (SSSR count). The lowest BCUT2D eigenvalue weighted by Crippen LogP contribution is -2.14. The van der Waals surface area contributed by atoms with Crippen LogP contribution in [0.4, 0.5) is 10.4 Å². The summed E-state index contributed by atoms with van der Waals surface area (Å²) < 4.78 is 29.7. The van der Waals surface area contributed by atoms with Crippen molar-refractivity contribution in [1.82, 2.24) is 4.98 Å². The molecular weight excluding hydrogens is 351 g/mol. The van der Waals surface area contributed by atoms with Crippen molar-refractivity contribution in [3.8, 4) is 5.75 Å². The molecule has 0 unspecified atom stereocenters. The first kappa shape index (κ1) is 17.5. The summed E-state index contributed by atoms with van der Waals surface area (Å²) in [6, 6.07) is 9.19. The standard InChI is InChI=1S/C20H19FN2O4/c1-25-16-7-6-15(12-8-10-26-11-9-12)18-17(16)22-20(27-18)23-19(24)13-2-4-14(21)5-3-13/h2-7,12H,8-11H2,1H3,(H,22,23,24). The summed E-state index contributed by atoms with van der Waals surface area (Å²) in [5, 5.41) is 2.63. The average Bonchev–Trinajstić information content (AvgIpc) is 3.11. The number of anilines is 1. The highest BCUT2D eigenvalue weighted by molar-refractivity contribution is 6.03. The molecule has 1 amide bonds. The number of hydrogen-bond donors (Lipinski definition) is 1. The van der Waals surface area contributed by atoms with Crippen LogP contribution in [0, 0.1) is 5.82 Å². The van der Waals surface area contributed by atoms with Gasteiger partial charge in [-0.15, -0.1) is 0 Å². The number of ether oxygens (including phenoxy) is 2. The smallest absolute Gasteiger partial charge is 0.302 e. The number of fused-ring (bicyclic) bond motifs is 1. The van der Waals surface area contributed by atoms with Gasteiger partial charge in [-0.25, -0.2) is 4.39 Å². The predicted molar refractivity (Wildman–Crippen MR) is 97.7 cm³/mol. The number of hydrogen-bond acceptors (Lipinski definition) is 5. The van der Waals surface area contributed by atoms with Crippen molar-refractivity contribution in [3.05, 3.63) is 53.3 Å². The minimum Gasteiger partial charge on any atom is -0.494 e. The Kier molecular flexibility index (Phi) is 4.77. The lowest BCUT2D eigenvalue weighted by atomic mass is 9.91. The molecular formula is C20H19FN2O4. The Bertz CT molecular complexity index is 962. The summed E-state index contributed by atoms with van der Waals surface area (Å²) in [5.74, 6) is 0.0555. The summed E-state index contributed by atoms with van der Waals surface area (Å²) >= 11 is 0. The SMILES string of the molecule is COc1ccc(C2CCOCC2)c2oc(NC(=O)c3ccc(F)cc3)nc12. The molecule has 0 bridgehead atoms. The van der Waals surface area contributed by atoms with Gasteiger partial charge in [-0.2, -0.15) is 4.98 Å². The largest absolute Gasteiger partial charge is 0.494 e. The third-order valence-corrected chi connectivity index (χ3v) is 4.74. The Balaban J connectivity index is 1.67. The summed E-state index contributed by atoms with van der Waals surface area (Å²) in [4.78, 5) is 16.8. The third-order valence-electron chi connectivity index (χ3n) is 4.74. The lowest BCUT2D eigenvalue weighted by Gasteiger charge is -2.22. The van der Waals surface area contributed by atoms with E-state index in [4.69, 9.17) is 13.9 Å². The van der Waals surface area contributed by atoms with E-state index in [1.807, 2.05) is 12.1 Å². The minimum absolute atomic E-state index is 0.0807. The number of aromatic nitrogens is 1. The fourth-order valence-corrected chi connectivity index (χ4v) is 3.32. The van der Waals surface area contributed by atoms with Crippen LogP contribution in [0.2, 0.25) is 0 Å². The highest BCUT2D eigenvalue weighted by Crippen LogP contribution is 2.37. The van der Waals surface area contributed by atoms with Gasteiger partial charge in [0.15, 0.2) is 11.1 Å². The molecule has 1 fully saturated rings. The molecule has 1 N–H and O–H groups in total. The Hall–Kier alpha value is -2.93. The first-order chi connectivity index (χ1) is 13.2. The molecule has 0 saturated carbocycles. The average molecular weight is 370 g/mol. The molecule has 0 atom stereocenters. The van der Waals surface area contributed by atoms with E-state index in [1.54, 1.807) is 7.11 Å². The molecule has 0 aliphatic carbocycles. The summed E-state index contributed by atoms with van der Waals surface area (Å²) in [7, 11) is 1.56. The Morgan fingerprint density at radius 3 is 2.63 bits per heavy atom. The first-order valence-electron chi connectivity index (χ1n) is 8.78. The number of carbonyl (C=O) groups is 1. The van der Waals surface area contributed by atoms with Gasteiger partial charge in [-0.3, -0.25) is 10.1 Å². The van der Waals surface area contributed by atoms with E-state index in [9.17, 15) is 9.18 Å². The maximum absolute atomic E-state index is 13.0. The second-order valence-corrected chi connectivity index (χ2v) is 6.40. The zero-order valence-corrected chi connectivity index (χ0v) is 14.8. The molecule has 2 heterocycles. The molecule has 3 aromatic rings. The Labute approximate surface area is 155 Å². The van der Waals surface area contributed by atoms with E-state index in [1.165, 1.54) is 24.3 Å². The van der Waals surface area contributed by atoms with Gasteiger partial charge in [-0.1, -0.05) is 6.07 Å². The number of nitrogens with one attached hydrogen (secondary N) is 1. The highest BCUT2D eigenvalue weighted by Gasteiger charge is 2.23. The van der Waals surface area contributed by atoms with E-state index >= 15 is 0 Å². The van der Waals surface area contributed by atoms with Crippen LogP contribution >= 0.6 is 0 Å². The van der Waals surface area contributed by atoms with Crippen molar-refractivity contribution in [1.29, 1.82) is 0 Å². The normalized spacial score (nSPS) is 15.0. The number of amides is 1. The van der Waals surface area contributed by atoms with Crippen molar-refractivity contribution in [2.75, 3.05) is 25.6 Å². The van der Waals surface area contributed by atoms with Crippen molar-refractivity contribution in [3.63, 3.8) is 0 Å². The molecule has 0 spiro atoms. The molecule has 140 valence electrons. The molecule has 1 aliphatic rings. The maximum Gasteiger partial charge on any atom is 0.302 e. The second-order valence-electron chi connectivity index (χ2n) is 6.40. The zero-order valence-electron chi connectivity index (χ0n) is 14.8. The van der Waals surface area contributed by atoms with Gasteiger partial charge in [0.25, 0.3) is 5.91 Å². The maximum atomic E-state index is 13.0. The van der Waals surface area contributed by atoms with Crippen LogP contribution in [0.1, 0.15) is 34.7 Å². The van der Waals surface area contributed by atoms with Gasteiger partial charge in [0, 0.05) is 24.3 Å². The Morgan fingerprint density at radius 1 is 1.19 bits per heavy atom. The van der Waals surface area contributed by atoms with Gasteiger partial charge < -0.3 is 13.9 Å². The number of rotatable bonds is 4. The summed E-state index contributed by atoms with van der Waals surface area (Å²) in [6.07, 6.45) is 1.80. The minimum atomic E-state index is -0.423. The third kappa shape index (κ3) is 3.50. The fourth-order valence-electron chi connectivity index (χ4n) is 3.32. The number of carbonyl (C=O) groups excluding carboxylic acids is 1. The van der Waals surface area contributed by atoms with Gasteiger partial charge in [0.05, 0.1) is 7.11 Å². The van der Waals surface area contributed by atoms with Crippen molar-refractivity contribution in [2.24, 2.45) is 0 Å². The van der Waals surface area contributed by atoms with Gasteiger partial charge in [-0.05, 0) is 49.1 Å². The van der Waals surface area contributed by atoms with Crippen LogP contribution in [-0.4, -0.2) is 31.2 Å². The molecule has 1 saturated heterocycles. The van der Waals surface area contributed by atoms with E-state index in [0.29, 0.717) is 41.5 Å². The van der Waals surface area contributed by atoms with Gasteiger partial charge in [0.1, 0.15) is 11.6 Å². The number of halogens is 1. The Morgan fingerprint density at radius 2 is 1.93 bits per heavy atom. The predicted octanol–water partition coefficient (Wildman–Crippen LogP) is 4.12. The van der Waals surface area contributed by atoms with Gasteiger partial charge >= 0.3 is 6.01 Å². The molecule has 7 heteroatoms. The van der Waals surface area contributed by atoms with Crippen molar-refractivity contribution >= 4 is 23.0 Å². The number of oxazole rings is 1. The molecule has 1 aromatic heterocycles. The van der Waals surface area contributed by atoms with E-state index in [0.717, 1.165) is 18.4 Å². The number of benzene rings is 2. The van der Waals surface area contributed by atoms with Crippen molar-refractivity contribution in [2.45, 2.75) is 18.8 Å². The molecule has 2 aromatic carbocycles. The molecule has 0 radical (unpaired) electrons. The second kappa shape index (κ2) is 7.36. The van der Waals surface area contributed by atoms with Crippen LogP contribution in [-0.2, 0) is 4.74 Å². The van der Waals surface area contributed by atoms with E-state index in [2.05, 4.69) is 10.3 Å². The summed E-state index contributed by atoms with van der Waals surface area (Å²) in [5.41, 5.74) is 2.52. The topological polar surface area (TPSA) is 73.6 Å². The van der Waals surface area contributed by atoms with Crippen LogP contribution < -0.4 is 10.1 Å². The molecule has 1 aliphatic heterocycles. The highest BCUT2D eigenvalue weighted by atomic mass is 19.1. The number of methoxy groups -OCH3 is 1. The zero-order chi connectivity index (χ0) is 18.8.